The fraction of sp³-hybridized carbons (Fsp3) is 0.143. The highest BCUT2D eigenvalue weighted by Crippen LogP contribution is 2.22. The lowest BCUT2D eigenvalue weighted by molar-refractivity contribution is 0.415. The van der Waals surface area contributed by atoms with Gasteiger partial charge in [-0.15, -0.1) is 0 Å². The van der Waals surface area contributed by atoms with Gasteiger partial charge in [-0.25, -0.2) is 0 Å². The van der Waals surface area contributed by atoms with Crippen molar-refractivity contribution in [3.63, 3.8) is 0 Å². The molecular weight excluding hydrogens is 227 g/mol. The molecule has 2 N–H and O–H groups in total. The molecule has 0 heterocycles. The Kier molecular flexibility index (Phi) is 3.70. The zero-order chi connectivity index (χ0) is 13.1. The van der Waals surface area contributed by atoms with Gasteiger partial charge < -0.3 is 14.8 Å². The molecule has 0 atom stereocenters. The van der Waals surface area contributed by atoms with Crippen molar-refractivity contribution < 1.29 is 14.8 Å². The molecule has 0 fully saturated rings. The van der Waals surface area contributed by atoms with Crippen LogP contribution in [0.1, 0.15) is 5.56 Å². The van der Waals surface area contributed by atoms with Crippen LogP contribution >= 0.6 is 0 Å². The number of benzene rings is 2. The summed E-state index contributed by atoms with van der Waals surface area (Å²) in [4.78, 5) is 0. The van der Waals surface area contributed by atoms with Crippen molar-refractivity contribution in [1.82, 2.24) is 0 Å². The lowest BCUT2D eigenvalue weighted by atomic mass is 9.76. The average molecular weight is 242 g/mol. The number of methoxy groups -OCH3 is 1. The Morgan fingerprint density at radius 2 is 1.56 bits per heavy atom. The van der Waals surface area contributed by atoms with Crippen LogP contribution in [0.4, 0.5) is 0 Å². The van der Waals surface area contributed by atoms with Gasteiger partial charge in [0, 0.05) is 0 Å². The number of ether oxygens (including phenoxy) is 1. The summed E-state index contributed by atoms with van der Waals surface area (Å²) in [5, 5.41) is 18.6. The Labute approximate surface area is 107 Å². The first kappa shape index (κ1) is 12.7. The SMILES string of the molecule is COc1ccc(-c2ccc(C)c(B(O)O)c2)cc1. The molecule has 2 rings (SSSR count). The minimum absolute atomic E-state index is 0.531. The summed E-state index contributed by atoms with van der Waals surface area (Å²) in [5.74, 6) is 0.799. The zero-order valence-corrected chi connectivity index (χ0v) is 10.4. The van der Waals surface area contributed by atoms with E-state index >= 15 is 0 Å². The molecule has 18 heavy (non-hydrogen) atoms. The third-order valence-electron chi connectivity index (χ3n) is 2.98. The molecule has 0 unspecified atom stereocenters. The predicted molar refractivity (Wildman–Crippen MR) is 73.0 cm³/mol. The Balaban J connectivity index is 2.41. The predicted octanol–water partition coefficient (Wildman–Crippen LogP) is 1.35. The summed E-state index contributed by atoms with van der Waals surface area (Å²) in [5.41, 5.74) is 3.36. The standard InChI is InChI=1S/C14H15BO3/c1-10-3-4-12(9-14(10)15(16)17)11-5-7-13(18-2)8-6-11/h3-9,16-17H,1-2H3. The van der Waals surface area contributed by atoms with E-state index in [9.17, 15) is 10.0 Å². The maximum Gasteiger partial charge on any atom is 0.488 e. The van der Waals surface area contributed by atoms with Crippen molar-refractivity contribution in [2.45, 2.75) is 6.92 Å². The van der Waals surface area contributed by atoms with Crippen LogP contribution in [0.15, 0.2) is 42.5 Å². The number of hydrogen-bond acceptors (Lipinski definition) is 3. The lowest BCUT2D eigenvalue weighted by Gasteiger charge is -2.09. The van der Waals surface area contributed by atoms with Crippen LogP contribution in [0, 0.1) is 6.92 Å². The van der Waals surface area contributed by atoms with Gasteiger partial charge in [-0.3, -0.25) is 0 Å². The first-order valence-electron chi connectivity index (χ1n) is 5.73. The summed E-state index contributed by atoms with van der Waals surface area (Å²) in [6, 6.07) is 13.3. The molecule has 92 valence electrons. The van der Waals surface area contributed by atoms with Crippen LogP contribution in [0.2, 0.25) is 0 Å². The Hall–Kier alpha value is -1.78. The zero-order valence-electron chi connectivity index (χ0n) is 10.4. The molecule has 2 aromatic carbocycles. The van der Waals surface area contributed by atoms with E-state index in [0.29, 0.717) is 5.46 Å². The summed E-state index contributed by atoms with van der Waals surface area (Å²) < 4.78 is 5.11. The van der Waals surface area contributed by atoms with E-state index in [2.05, 4.69) is 0 Å². The fourth-order valence-electron chi connectivity index (χ4n) is 1.88. The van der Waals surface area contributed by atoms with Crippen LogP contribution in [0.25, 0.3) is 11.1 Å². The largest absolute Gasteiger partial charge is 0.497 e. The molecule has 0 bridgehead atoms. The first-order valence-corrected chi connectivity index (χ1v) is 5.73. The minimum atomic E-state index is -1.44. The topological polar surface area (TPSA) is 49.7 Å². The van der Waals surface area contributed by atoms with E-state index in [-0.39, 0.29) is 0 Å². The molecule has 0 amide bonds. The quantitative estimate of drug-likeness (QED) is 0.799. The maximum atomic E-state index is 9.29. The van der Waals surface area contributed by atoms with E-state index in [1.807, 2.05) is 43.3 Å². The molecule has 0 aromatic heterocycles. The summed E-state index contributed by atoms with van der Waals surface area (Å²) in [7, 11) is 0.185. The van der Waals surface area contributed by atoms with Gasteiger partial charge >= 0.3 is 7.12 Å². The smallest absolute Gasteiger partial charge is 0.488 e. The molecule has 4 heteroatoms. The maximum absolute atomic E-state index is 9.29. The van der Waals surface area contributed by atoms with Crippen molar-refractivity contribution in [2.24, 2.45) is 0 Å². The van der Waals surface area contributed by atoms with Gasteiger partial charge in [0.05, 0.1) is 7.11 Å². The van der Waals surface area contributed by atoms with E-state index in [0.717, 1.165) is 22.4 Å². The van der Waals surface area contributed by atoms with Gasteiger partial charge in [0.25, 0.3) is 0 Å². The Morgan fingerprint density at radius 3 is 2.11 bits per heavy atom. The monoisotopic (exact) mass is 242 g/mol. The molecule has 2 aromatic rings. The van der Waals surface area contributed by atoms with Crippen molar-refractivity contribution >= 4 is 12.6 Å². The summed E-state index contributed by atoms with van der Waals surface area (Å²) in [6.45, 7) is 1.85. The molecule has 3 nitrogen and oxygen atoms in total. The third kappa shape index (κ3) is 2.55. The molecule has 0 saturated heterocycles. The van der Waals surface area contributed by atoms with Gasteiger partial charge in [0.15, 0.2) is 0 Å². The van der Waals surface area contributed by atoms with Crippen LogP contribution in [0.3, 0.4) is 0 Å². The fourth-order valence-corrected chi connectivity index (χ4v) is 1.88. The second kappa shape index (κ2) is 5.25. The lowest BCUT2D eigenvalue weighted by Crippen LogP contribution is -2.32. The highest BCUT2D eigenvalue weighted by atomic mass is 16.5. The van der Waals surface area contributed by atoms with E-state index in [1.165, 1.54) is 0 Å². The second-order valence-electron chi connectivity index (χ2n) is 4.17. The van der Waals surface area contributed by atoms with E-state index in [4.69, 9.17) is 4.74 Å². The molecule has 0 aliphatic carbocycles. The second-order valence-corrected chi connectivity index (χ2v) is 4.17. The van der Waals surface area contributed by atoms with E-state index in [1.54, 1.807) is 13.2 Å². The Bertz CT molecular complexity index is 535. The minimum Gasteiger partial charge on any atom is -0.497 e. The van der Waals surface area contributed by atoms with Crippen LogP contribution < -0.4 is 10.2 Å². The van der Waals surface area contributed by atoms with Gasteiger partial charge in [0.1, 0.15) is 5.75 Å². The van der Waals surface area contributed by atoms with Crippen molar-refractivity contribution in [3.05, 3.63) is 48.0 Å². The first-order chi connectivity index (χ1) is 8.61. The van der Waals surface area contributed by atoms with Crippen molar-refractivity contribution in [3.8, 4) is 16.9 Å². The molecule has 0 aliphatic rings. The highest BCUT2D eigenvalue weighted by molar-refractivity contribution is 6.59. The normalized spacial score (nSPS) is 10.2. The molecule has 0 radical (unpaired) electrons. The molecular formula is C14H15BO3. The van der Waals surface area contributed by atoms with E-state index < -0.39 is 7.12 Å². The highest BCUT2D eigenvalue weighted by Gasteiger charge is 2.14. The van der Waals surface area contributed by atoms with Crippen LogP contribution in [0.5, 0.6) is 5.75 Å². The van der Waals surface area contributed by atoms with Crippen molar-refractivity contribution in [1.29, 1.82) is 0 Å². The Morgan fingerprint density at radius 1 is 0.944 bits per heavy atom. The summed E-state index contributed by atoms with van der Waals surface area (Å²) in [6.07, 6.45) is 0. The molecule has 0 saturated carbocycles. The average Bonchev–Trinajstić information content (AvgIpc) is 2.39. The number of aryl methyl sites for hydroxylation is 1. The number of hydrogen-bond donors (Lipinski definition) is 2. The molecule has 0 spiro atoms. The van der Waals surface area contributed by atoms with Crippen LogP contribution in [-0.4, -0.2) is 24.3 Å². The number of rotatable bonds is 3. The summed E-state index contributed by atoms with van der Waals surface area (Å²) >= 11 is 0. The van der Waals surface area contributed by atoms with Gasteiger partial charge in [-0.2, -0.15) is 0 Å². The van der Waals surface area contributed by atoms with Crippen LogP contribution in [-0.2, 0) is 0 Å². The third-order valence-corrected chi connectivity index (χ3v) is 2.98. The van der Waals surface area contributed by atoms with Crippen molar-refractivity contribution in [2.75, 3.05) is 7.11 Å². The molecule has 0 aliphatic heterocycles. The van der Waals surface area contributed by atoms with Gasteiger partial charge in [0.2, 0.25) is 0 Å². The van der Waals surface area contributed by atoms with Gasteiger partial charge in [-0.1, -0.05) is 35.9 Å². The van der Waals surface area contributed by atoms with Gasteiger partial charge in [-0.05, 0) is 35.6 Å².